The molecule has 6 rings (SSSR count). The number of nitrogens with one attached hydrogen (secondary N) is 1. The molecule has 9 heteroatoms. The van der Waals surface area contributed by atoms with Gasteiger partial charge in [0.15, 0.2) is 5.16 Å². The van der Waals surface area contributed by atoms with E-state index in [0.29, 0.717) is 5.95 Å². The minimum Gasteiger partial charge on any atom is -0.399 e. The smallest absolute Gasteiger partial charge is 0.227 e. The normalized spacial score (nSPS) is 15.9. The quantitative estimate of drug-likeness (QED) is 0.408. The molecule has 178 valence electrons. The number of nitrogens with two attached hydrogens (primary N) is 1. The predicted octanol–water partition coefficient (Wildman–Crippen LogP) is 4.19. The second-order valence-corrected chi connectivity index (χ2v) is 10.0. The molecular weight excluding hydrogens is 456 g/mol. The summed E-state index contributed by atoms with van der Waals surface area (Å²) in [5, 5.41) is 4.39. The lowest BCUT2D eigenvalue weighted by atomic mass is 10.1. The fraction of sp³-hybridized carbons (Fsp3) is 0.269. The van der Waals surface area contributed by atoms with E-state index in [1.54, 1.807) is 18.0 Å². The maximum atomic E-state index is 6.07. The van der Waals surface area contributed by atoms with Gasteiger partial charge in [-0.2, -0.15) is 0 Å². The second kappa shape index (κ2) is 9.24. The standard InChI is InChI=1S/C26H28N8S/c1-32-11-13-33(14-12-32)21-7-5-20(6-8-21)29-25-28-10-9-22(30-25)24-23(18-3-2-4-19(27)17-18)31-26-34(24)15-16-35-26/h2-10,17H,11-16,27H2,1H3,(H,28,29,30). The van der Waals surface area contributed by atoms with Gasteiger partial charge in [0.05, 0.1) is 17.1 Å². The van der Waals surface area contributed by atoms with Crippen LogP contribution in [-0.4, -0.2) is 63.4 Å². The van der Waals surface area contributed by atoms with Crippen LogP contribution in [0.1, 0.15) is 0 Å². The molecule has 1 fully saturated rings. The Morgan fingerprint density at radius 3 is 2.57 bits per heavy atom. The third kappa shape index (κ3) is 4.44. The monoisotopic (exact) mass is 484 g/mol. The molecule has 4 heterocycles. The largest absolute Gasteiger partial charge is 0.399 e. The summed E-state index contributed by atoms with van der Waals surface area (Å²) in [5.41, 5.74) is 12.7. The lowest BCUT2D eigenvalue weighted by molar-refractivity contribution is 0.313. The Morgan fingerprint density at radius 1 is 0.943 bits per heavy atom. The van der Waals surface area contributed by atoms with E-state index in [0.717, 1.165) is 77.7 Å². The van der Waals surface area contributed by atoms with Crippen molar-refractivity contribution in [3.8, 4) is 22.6 Å². The number of likely N-dealkylation sites (N-methyl/N-ethyl adjacent to an activating group) is 1. The number of hydrogen-bond acceptors (Lipinski definition) is 8. The van der Waals surface area contributed by atoms with Gasteiger partial charge in [-0.25, -0.2) is 15.0 Å². The molecule has 1 saturated heterocycles. The van der Waals surface area contributed by atoms with Crippen molar-refractivity contribution in [2.24, 2.45) is 0 Å². The van der Waals surface area contributed by atoms with Gasteiger partial charge in [-0.1, -0.05) is 23.9 Å². The third-order valence-corrected chi connectivity index (χ3v) is 7.49. The molecule has 2 aromatic carbocycles. The molecule has 2 aromatic heterocycles. The molecule has 4 aromatic rings. The first-order valence-electron chi connectivity index (χ1n) is 11.9. The highest BCUT2D eigenvalue weighted by atomic mass is 32.2. The SMILES string of the molecule is CN1CCN(c2ccc(Nc3nccc(-c4c(-c5cccc(N)c5)nc5n4CCS5)n3)cc2)CC1. The number of anilines is 4. The number of nitrogen functional groups attached to an aromatic ring is 1. The summed E-state index contributed by atoms with van der Waals surface area (Å²) >= 11 is 1.77. The van der Waals surface area contributed by atoms with E-state index in [2.05, 4.69) is 56.0 Å². The van der Waals surface area contributed by atoms with Crippen molar-refractivity contribution in [2.45, 2.75) is 11.7 Å². The van der Waals surface area contributed by atoms with Crippen LogP contribution in [0.4, 0.5) is 23.0 Å². The summed E-state index contributed by atoms with van der Waals surface area (Å²) in [6.45, 7) is 5.20. The molecule has 3 N–H and O–H groups in total. The van der Waals surface area contributed by atoms with Crippen LogP contribution in [0.15, 0.2) is 66.0 Å². The van der Waals surface area contributed by atoms with Crippen molar-refractivity contribution in [3.63, 3.8) is 0 Å². The van der Waals surface area contributed by atoms with Crippen LogP contribution in [0.2, 0.25) is 0 Å². The second-order valence-electron chi connectivity index (χ2n) is 8.94. The van der Waals surface area contributed by atoms with E-state index in [1.165, 1.54) is 5.69 Å². The van der Waals surface area contributed by atoms with Gasteiger partial charge >= 0.3 is 0 Å². The van der Waals surface area contributed by atoms with Crippen LogP contribution in [0.3, 0.4) is 0 Å². The van der Waals surface area contributed by atoms with Crippen LogP contribution in [0.5, 0.6) is 0 Å². The van der Waals surface area contributed by atoms with Gasteiger partial charge in [0.25, 0.3) is 0 Å². The van der Waals surface area contributed by atoms with E-state index in [9.17, 15) is 0 Å². The minimum absolute atomic E-state index is 0.564. The number of benzene rings is 2. The molecular formula is C26H28N8S. The molecule has 0 radical (unpaired) electrons. The Balaban J connectivity index is 1.28. The lowest BCUT2D eigenvalue weighted by Crippen LogP contribution is -2.44. The first-order chi connectivity index (χ1) is 17.1. The fourth-order valence-electron chi connectivity index (χ4n) is 4.63. The van der Waals surface area contributed by atoms with Gasteiger partial charge in [-0.15, -0.1) is 0 Å². The molecule has 0 amide bonds. The summed E-state index contributed by atoms with van der Waals surface area (Å²) in [4.78, 5) is 19.1. The van der Waals surface area contributed by atoms with Gasteiger partial charge in [0.1, 0.15) is 0 Å². The van der Waals surface area contributed by atoms with Crippen molar-refractivity contribution in [1.82, 2.24) is 24.4 Å². The van der Waals surface area contributed by atoms with Gasteiger partial charge in [0.2, 0.25) is 5.95 Å². The summed E-state index contributed by atoms with van der Waals surface area (Å²) in [6.07, 6.45) is 1.80. The zero-order valence-electron chi connectivity index (χ0n) is 19.7. The fourth-order valence-corrected chi connectivity index (χ4v) is 5.58. The first kappa shape index (κ1) is 21.9. The predicted molar refractivity (Wildman–Crippen MR) is 143 cm³/mol. The molecule has 2 aliphatic heterocycles. The molecule has 0 bridgehead atoms. The molecule has 8 nitrogen and oxygen atoms in total. The highest BCUT2D eigenvalue weighted by Gasteiger charge is 2.25. The van der Waals surface area contributed by atoms with Crippen LogP contribution < -0.4 is 16.0 Å². The Kier molecular flexibility index (Phi) is 5.79. The van der Waals surface area contributed by atoms with Crippen molar-refractivity contribution in [1.29, 1.82) is 0 Å². The number of aromatic nitrogens is 4. The summed E-state index contributed by atoms with van der Waals surface area (Å²) in [6, 6.07) is 18.3. The highest BCUT2D eigenvalue weighted by molar-refractivity contribution is 7.99. The Bertz CT molecular complexity index is 1340. The van der Waals surface area contributed by atoms with Crippen molar-refractivity contribution >= 4 is 34.8 Å². The zero-order chi connectivity index (χ0) is 23.8. The maximum Gasteiger partial charge on any atom is 0.227 e. The zero-order valence-corrected chi connectivity index (χ0v) is 20.5. The van der Waals surface area contributed by atoms with E-state index >= 15 is 0 Å². The Morgan fingerprint density at radius 2 is 1.77 bits per heavy atom. The first-order valence-corrected chi connectivity index (χ1v) is 12.9. The van der Waals surface area contributed by atoms with E-state index in [4.69, 9.17) is 15.7 Å². The molecule has 2 aliphatic rings. The molecule has 0 atom stereocenters. The number of nitrogens with zero attached hydrogens (tertiary/aromatic N) is 6. The number of hydrogen-bond donors (Lipinski definition) is 2. The lowest BCUT2D eigenvalue weighted by Gasteiger charge is -2.34. The highest BCUT2D eigenvalue weighted by Crippen LogP contribution is 2.39. The van der Waals surface area contributed by atoms with Crippen LogP contribution in [-0.2, 0) is 6.54 Å². The summed E-state index contributed by atoms with van der Waals surface area (Å²) in [5.74, 6) is 1.58. The third-order valence-electron chi connectivity index (χ3n) is 6.53. The van der Waals surface area contributed by atoms with Crippen molar-refractivity contribution < 1.29 is 0 Å². The van der Waals surface area contributed by atoms with Gasteiger partial charge < -0.3 is 25.4 Å². The van der Waals surface area contributed by atoms with Crippen LogP contribution in [0, 0.1) is 0 Å². The van der Waals surface area contributed by atoms with E-state index < -0.39 is 0 Å². The molecule has 0 spiro atoms. The maximum absolute atomic E-state index is 6.07. The van der Waals surface area contributed by atoms with Gasteiger partial charge in [0, 0.05) is 67.3 Å². The average Bonchev–Trinajstić information content (AvgIpc) is 3.47. The number of imidazole rings is 1. The van der Waals surface area contributed by atoms with E-state index in [-0.39, 0.29) is 0 Å². The van der Waals surface area contributed by atoms with Gasteiger partial charge in [-0.3, -0.25) is 0 Å². The molecule has 0 aliphatic carbocycles. The van der Waals surface area contributed by atoms with Crippen LogP contribution in [0.25, 0.3) is 22.6 Å². The average molecular weight is 485 g/mol. The van der Waals surface area contributed by atoms with Gasteiger partial charge in [-0.05, 0) is 49.5 Å². The Labute approximate surface area is 209 Å². The number of thioether (sulfide) groups is 1. The molecule has 0 saturated carbocycles. The number of piperazine rings is 1. The number of fused-ring (bicyclic) bond motifs is 1. The summed E-state index contributed by atoms with van der Waals surface area (Å²) in [7, 11) is 2.17. The molecule has 35 heavy (non-hydrogen) atoms. The molecule has 0 unspecified atom stereocenters. The van der Waals surface area contributed by atoms with Crippen molar-refractivity contribution in [3.05, 3.63) is 60.8 Å². The summed E-state index contributed by atoms with van der Waals surface area (Å²) < 4.78 is 2.25. The minimum atomic E-state index is 0.564. The topological polar surface area (TPSA) is 88.1 Å². The van der Waals surface area contributed by atoms with Crippen LogP contribution >= 0.6 is 11.8 Å². The number of rotatable bonds is 5. The van der Waals surface area contributed by atoms with Crippen molar-refractivity contribution in [2.75, 3.05) is 54.9 Å². The van der Waals surface area contributed by atoms with E-state index in [1.807, 2.05) is 30.3 Å². The Hall–Kier alpha value is -3.56.